The Kier molecular flexibility index (Phi) is 7.85. The standard InChI is InChI=1S/C26H35F2N5O3S/c1-6-26(36)11-18(26)31-23(34)24-32-20(25(35)33-9-7-8-14(33)4)21(37-24)17-12-29-19(10-16(17)22(27)28)30-15(5)13(2)3/h10,12-15,18,22,36H,6-9,11H2,1-5H3,(H,29,30)(H,31,34)/t14-,15+,18?,26?/m0/s1. The smallest absolute Gasteiger partial charge is 0.280 e. The molecule has 0 radical (unpaired) electrons. The number of thiazole rings is 1. The summed E-state index contributed by atoms with van der Waals surface area (Å²) in [7, 11) is 0. The van der Waals surface area contributed by atoms with Crippen LogP contribution in [0.4, 0.5) is 14.6 Å². The lowest BCUT2D eigenvalue weighted by atomic mass is 10.1. The van der Waals surface area contributed by atoms with Crippen molar-refractivity contribution in [1.29, 1.82) is 0 Å². The van der Waals surface area contributed by atoms with Crippen molar-refractivity contribution in [2.75, 3.05) is 11.9 Å². The van der Waals surface area contributed by atoms with Crippen LogP contribution in [0, 0.1) is 5.92 Å². The van der Waals surface area contributed by atoms with Gasteiger partial charge in [-0.05, 0) is 45.1 Å². The lowest BCUT2D eigenvalue weighted by molar-refractivity contribution is 0.0742. The molecule has 0 spiro atoms. The van der Waals surface area contributed by atoms with Gasteiger partial charge in [-0.25, -0.2) is 18.7 Å². The molecule has 11 heteroatoms. The summed E-state index contributed by atoms with van der Waals surface area (Å²) in [6, 6.07) is 0.904. The Bertz CT molecular complexity index is 1170. The zero-order chi connectivity index (χ0) is 27.1. The minimum absolute atomic E-state index is 0.00796. The van der Waals surface area contributed by atoms with Gasteiger partial charge in [0.25, 0.3) is 18.2 Å². The highest BCUT2D eigenvalue weighted by molar-refractivity contribution is 7.17. The Balaban J connectivity index is 1.73. The molecule has 1 saturated heterocycles. The molecular formula is C26H35F2N5O3S. The molecule has 8 nitrogen and oxygen atoms in total. The Morgan fingerprint density at radius 3 is 2.62 bits per heavy atom. The molecule has 3 N–H and O–H groups in total. The predicted octanol–water partition coefficient (Wildman–Crippen LogP) is 4.87. The number of rotatable bonds is 9. The molecule has 2 aliphatic rings. The summed E-state index contributed by atoms with van der Waals surface area (Å²) < 4.78 is 28.6. The van der Waals surface area contributed by atoms with Gasteiger partial charge in [-0.15, -0.1) is 11.3 Å². The normalized spacial score (nSPS) is 24.0. The first kappa shape index (κ1) is 27.4. The lowest BCUT2D eigenvalue weighted by Crippen LogP contribution is -2.34. The van der Waals surface area contributed by atoms with Crippen molar-refractivity contribution in [3.8, 4) is 10.4 Å². The van der Waals surface area contributed by atoms with E-state index in [1.54, 1.807) is 4.90 Å². The van der Waals surface area contributed by atoms with Crippen molar-refractivity contribution < 1.29 is 23.5 Å². The number of carbonyl (C=O) groups excluding carboxylic acids is 2. The number of carbonyl (C=O) groups is 2. The van der Waals surface area contributed by atoms with Gasteiger partial charge in [0, 0.05) is 42.4 Å². The fourth-order valence-electron chi connectivity index (χ4n) is 4.53. The van der Waals surface area contributed by atoms with Crippen LogP contribution in [-0.2, 0) is 0 Å². The van der Waals surface area contributed by atoms with Crippen LogP contribution in [0.2, 0.25) is 0 Å². The van der Waals surface area contributed by atoms with Gasteiger partial charge in [-0.1, -0.05) is 20.8 Å². The van der Waals surface area contributed by atoms with Crippen molar-refractivity contribution in [2.45, 2.75) is 90.5 Å². The van der Waals surface area contributed by atoms with Gasteiger partial charge in [0.1, 0.15) is 11.5 Å². The number of nitrogens with one attached hydrogen (secondary N) is 2. The van der Waals surface area contributed by atoms with Crippen LogP contribution in [0.15, 0.2) is 12.3 Å². The number of halogens is 2. The van der Waals surface area contributed by atoms with E-state index in [0.29, 0.717) is 25.2 Å². The second-order valence-corrected chi connectivity index (χ2v) is 11.5. The summed E-state index contributed by atoms with van der Waals surface area (Å²) in [6.45, 7) is 10.3. The molecular weight excluding hydrogens is 500 g/mol. The molecule has 2 unspecified atom stereocenters. The molecule has 1 aliphatic carbocycles. The molecule has 2 amide bonds. The SMILES string of the molecule is CCC1(O)CC1NC(=O)c1nc(C(=O)N2CCC[C@@H]2C)c(-c2cnc(N[C@H](C)C(C)C)cc2C(F)F)s1. The van der Waals surface area contributed by atoms with Crippen LogP contribution in [0.1, 0.15) is 92.6 Å². The van der Waals surface area contributed by atoms with Gasteiger partial charge in [0.05, 0.1) is 16.5 Å². The van der Waals surface area contributed by atoms with Crippen LogP contribution in [0.3, 0.4) is 0 Å². The number of pyridine rings is 1. The van der Waals surface area contributed by atoms with Crippen molar-refractivity contribution in [3.63, 3.8) is 0 Å². The Labute approximate surface area is 219 Å². The average Bonchev–Trinajstić information content (AvgIpc) is 3.18. The molecule has 1 aliphatic heterocycles. The third kappa shape index (κ3) is 5.62. The minimum atomic E-state index is -2.83. The van der Waals surface area contributed by atoms with E-state index < -0.39 is 24.0 Å². The number of aromatic nitrogens is 2. The van der Waals surface area contributed by atoms with E-state index in [0.717, 1.165) is 24.2 Å². The van der Waals surface area contributed by atoms with E-state index in [2.05, 4.69) is 20.6 Å². The van der Waals surface area contributed by atoms with Crippen LogP contribution in [0.5, 0.6) is 0 Å². The van der Waals surface area contributed by atoms with Gasteiger partial charge in [0.15, 0.2) is 5.01 Å². The second kappa shape index (κ2) is 10.6. The molecule has 4 atom stereocenters. The van der Waals surface area contributed by atoms with E-state index in [-0.39, 0.29) is 50.6 Å². The monoisotopic (exact) mass is 535 g/mol. The molecule has 2 fully saturated rings. The summed E-state index contributed by atoms with van der Waals surface area (Å²) in [5.74, 6) is -0.341. The number of aliphatic hydroxyl groups is 1. The number of anilines is 1. The maximum Gasteiger partial charge on any atom is 0.280 e. The quantitative estimate of drug-likeness (QED) is 0.423. The van der Waals surface area contributed by atoms with Gasteiger partial charge >= 0.3 is 0 Å². The first-order valence-electron chi connectivity index (χ1n) is 12.8. The fraction of sp³-hybridized carbons (Fsp3) is 0.615. The van der Waals surface area contributed by atoms with E-state index in [1.807, 2.05) is 34.6 Å². The number of alkyl halides is 2. The molecule has 202 valence electrons. The van der Waals surface area contributed by atoms with Crippen molar-refractivity contribution in [3.05, 3.63) is 28.5 Å². The summed E-state index contributed by atoms with van der Waals surface area (Å²) in [6.07, 6.45) is 1.12. The maximum atomic E-state index is 14.3. The number of nitrogens with zero attached hydrogens (tertiary/aromatic N) is 3. The van der Waals surface area contributed by atoms with E-state index >= 15 is 0 Å². The average molecular weight is 536 g/mol. The van der Waals surface area contributed by atoms with Gasteiger partial charge in [0.2, 0.25) is 0 Å². The highest BCUT2D eigenvalue weighted by Crippen LogP contribution is 2.41. The zero-order valence-electron chi connectivity index (χ0n) is 21.8. The van der Waals surface area contributed by atoms with Crippen LogP contribution >= 0.6 is 11.3 Å². The van der Waals surface area contributed by atoms with Crippen LogP contribution in [0.25, 0.3) is 10.4 Å². The maximum absolute atomic E-state index is 14.3. The largest absolute Gasteiger partial charge is 0.388 e. The van der Waals surface area contributed by atoms with Gasteiger partial charge in [-0.2, -0.15) is 0 Å². The highest BCUT2D eigenvalue weighted by atomic mass is 32.1. The van der Waals surface area contributed by atoms with Gasteiger partial charge < -0.3 is 20.6 Å². The fourth-order valence-corrected chi connectivity index (χ4v) is 5.52. The van der Waals surface area contributed by atoms with E-state index in [4.69, 9.17) is 0 Å². The summed E-state index contributed by atoms with van der Waals surface area (Å²) in [5, 5.41) is 16.2. The summed E-state index contributed by atoms with van der Waals surface area (Å²) >= 11 is 0.897. The Hall–Kier alpha value is -2.66. The van der Waals surface area contributed by atoms with Crippen molar-refractivity contribution in [1.82, 2.24) is 20.2 Å². The first-order valence-corrected chi connectivity index (χ1v) is 13.7. The molecule has 2 aromatic heterocycles. The van der Waals surface area contributed by atoms with Gasteiger partial charge in [-0.3, -0.25) is 9.59 Å². The molecule has 2 aromatic rings. The number of likely N-dealkylation sites (tertiary alicyclic amines) is 1. The van der Waals surface area contributed by atoms with Crippen molar-refractivity contribution >= 4 is 29.0 Å². The highest BCUT2D eigenvalue weighted by Gasteiger charge is 2.52. The predicted molar refractivity (Wildman–Crippen MR) is 139 cm³/mol. The number of amides is 2. The lowest BCUT2D eigenvalue weighted by Gasteiger charge is -2.21. The number of hydrogen-bond donors (Lipinski definition) is 3. The first-order chi connectivity index (χ1) is 17.4. The molecule has 0 bridgehead atoms. The summed E-state index contributed by atoms with van der Waals surface area (Å²) in [4.78, 5) is 37.1. The second-order valence-electron chi connectivity index (χ2n) is 10.5. The zero-order valence-corrected chi connectivity index (χ0v) is 22.7. The minimum Gasteiger partial charge on any atom is -0.388 e. The van der Waals surface area contributed by atoms with Crippen LogP contribution in [-0.4, -0.2) is 62.1 Å². The van der Waals surface area contributed by atoms with Crippen molar-refractivity contribution in [2.24, 2.45) is 5.92 Å². The van der Waals surface area contributed by atoms with E-state index in [1.165, 1.54) is 12.3 Å². The topological polar surface area (TPSA) is 107 Å². The molecule has 3 heterocycles. The molecule has 1 saturated carbocycles. The molecule has 0 aromatic carbocycles. The third-order valence-electron chi connectivity index (χ3n) is 7.59. The van der Waals surface area contributed by atoms with Crippen LogP contribution < -0.4 is 10.6 Å². The molecule has 4 rings (SSSR count). The third-order valence-corrected chi connectivity index (χ3v) is 8.68. The Morgan fingerprint density at radius 1 is 1.32 bits per heavy atom. The van der Waals surface area contributed by atoms with E-state index in [9.17, 15) is 23.5 Å². The molecule has 37 heavy (non-hydrogen) atoms. The number of hydrogen-bond acceptors (Lipinski definition) is 7. The Morgan fingerprint density at radius 2 is 2.05 bits per heavy atom. The summed E-state index contributed by atoms with van der Waals surface area (Å²) in [5.41, 5.74) is -1.16.